The Bertz CT molecular complexity index is 1480. The minimum absolute atomic E-state index is 0.127. The number of aromatic nitrogens is 2. The zero-order valence-corrected chi connectivity index (χ0v) is 23.8. The van der Waals surface area contributed by atoms with Crippen molar-refractivity contribution in [2.45, 2.75) is 51.2 Å². The lowest BCUT2D eigenvalue weighted by atomic mass is 9.87. The van der Waals surface area contributed by atoms with E-state index in [-0.39, 0.29) is 30.4 Å². The van der Waals surface area contributed by atoms with Crippen LogP contribution in [0.25, 0.3) is 0 Å². The number of carbonyl (C=O) groups is 2. The average Bonchev–Trinajstić information content (AvgIpc) is 3.73. The number of thiazole rings is 1. The molecule has 8 heteroatoms. The molecule has 0 bridgehead atoms. The van der Waals surface area contributed by atoms with Crippen molar-refractivity contribution >= 4 is 23.2 Å². The first-order valence-corrected chi connectivity index (χ1v) is 15.3. The van der Waals surface area contributed by atoms with Crippen LogP contribution in [0.1, 0.15) is 69.6 Å². The van der Waals surface area contributed by atoms with Gasteiger partial charge in [-0.15, -0.1) is 11.3 Å². The lowest BCUT2D eigenvalue weighted by molar-refractivity contribution is -0.137. The topological polar surface area (TPSA) is 84.4 Å². The molecule has 2 aliphatic rings. The van der Waals surface area contributed by atoms with E-state index in [1.54, 1.807) is 11.6 Å². The van der Waals surface area contributed by atoms with E-state index in [2.05, 4.69) is 44.5 Å². The van der Waals surface area contributed by atoms with E-state index >= 15 is 0 Å². The van der Waals surface area contributed by atoms with Crippen molar-refractivity contribution in [1.82, 2.24) is 20.2 Å². The Balaban J connectivity index is 1.13. The maximum atomic E-state index is 13.6. The number of fused-ring (bicyclic) bond motifs is 1. The number of amides is 2. The third-order valence-corrected chi connectivity index (χ3v) is 8.81. The molecule has 1 N–H and O–H groups in total. The van der Waals surface area contributed by atoms with Crippen LogP contribution in [0.5, 0.6) is 5.75 Å². The van der Waals surface area contributed by atoms with E-state index in [4.69, 9.17) is 4.74 Å². The van der Waals surface area contributed by atoms with Crippen LogP contribution in [0.15, 0.2) is 78.3 Å². The Hall–Kier alpha value is -4.04. The third-order valence-electron chi connectivity index (χ3n) is 7.99. The highest BCUT2D eigenvalue weighted by atomic mass is 32.1. The first kappa shape index (κ1) is 27.1. The van der Waals surface area contributed by atoms with Gasteiger partial charge in [0.25, 0.3) is 5.91 Å². The highest BCUT2D eigenvalue weighted by molar-refractivity contribution is 7.09. The summed E-state index contributed by atoms with van der Waals surface area (Å²) in [7, 11) is 0. The Kier molecular flexibility index (Phi) is 8.37. The van der Waals surface area contributed by atoms with E-state index in [1.807, 2.05) is 42.5 Å². The molecular formula is C33H34N4O3S. The Morgan fingerprint density at radius 1 is 1.02 bits per heavy atom. The van der Waals surface area contributed by atoms with Gasteiger partial charge in [0.15, 0.2) is 0 Å². The Labute approximate surface area is 244 Å². The molecule has 6 rings (SSSR count). The zero-order chi connectivity index (χ0) is 28.0. The van der Waals surface area contributed by atoms with E-state index in [0.717, 1.165) is 66.2 Å². The van der Waals surface area contributed by atoms with Crippen LogP contribution in [0.3, 0.4) is 0 Å². The minimum Gasteiger partial charge on any atom is -0.486 e. The van der Waals surface area contributed by atoms with Crippen molar-refractivity contribution in [3.63, 3.8) is 0 Å². The van der Waals surface area contributed by atoms with Gasteiger partial charge in [0.1, 0.15) is 23.1 Å². The molecule has 2 aromatic heterocycles. The van der Waals surface area contributed by atoms with Crippen molar-refractivity contribution in [1.29, 1.82) is 0 Å². The minimum atomic E-state index is -0.199. The second-order valence-corrected chi connectivity index (χ2v) is 11.6. The SMILES string of the molecule is O=C(NCCc1ccccn1)c1csc(COc2ccc3c(c2)C(c2ccccc2)N(C(=O)C2CCCC2)CC3)n1. The highest BCUT2D eigenvalue weighted by Crippen LogP contribution is 2.39. The monoisotopic (exact) mass is 566 g/mol. The number of nitrogens with one attached hydrogen (secondary N) is 1. The Morgan fingerprint density at radius 2 is 1.85 bits per heavy atom. The van der Waals surface area contributed by atoms with Crippen molar-refractivity contribution in [2.75, 3.05) is 13.1 Å². The van der Waals surface area contributed by atoms with Gasteiger partial charge < -0.3 is 15.0 Å². The molecule has 1 atom stereocenters. The van der Waals surface area contributed by atoms with Crippen LogP contribution in [-0.4, -0.2) is 39.8 Å². The molecule has 210 valence electrons. The van der Waals surface area contributed by atoms with Gasteiger partial charge >= 0.3 is 0 Å². The fourth-order valence-electron chi connectivity index (χ4n) is 5.89. The summed E-state index contributed by atoms with van der Waals surface area (Å²) in [6, 6.07) is 22.1. The number of benzene rings is 2. The molecule has 2 aromatic carbocycles. The molecule has 41 heavy (non-hydrogen) atoms. The molecule has 2 amide bonds. The second kappa shape index (κ2) is 12.6. The standard InChI is InChI=1S/C33H34N4O3S/c38-32(35-18-15-26-12-6-7-17-34-26)29-22-41-30(36-29)21-40-27-14-13-23-16-19-37(33(39)25-10-4-5-11-25)31(28(23)20-27)24-8-2-1-3-9-24/h1-3,6-9,12-14,17,20,22,25,31H,4-5,10-11,15-16,18-19,21H2,(H,35,38). The molecule has 1 unspecified atom stereocenters. The summed E-state index contributed by atoms with van der Waals surface area (Å²) < 4.78 is 6.17. The summed E-state index contributed by atoms with van der Waals surface area (Å²) in [4.78, 5) is 37.1. The smallest absolute Gasteiger partial charge is 0.270 e. The number of hydrogen-bond donors (Lipinski definition) is 1. The summed E-state index contributed by atoms with van der Waals surface area (Å²) in [6.07, 6.45) is 7.51. The quantitative estimate of drug-likeness (QED) is 0.279. The lowest BCUT2D eigenvalue weighted by Crippen LogP contribution is -2.43. The van der Waals surface area contributed by atoms with Crippen LogP contribution >= 0.6 is 11.3 Å². The predicted molar refractivity (Wildman–Crippen MR) is 159 cm³/mol. The molecule has 0 spiro atoms. The molecule has 4 aromatic rings. The highest BCUT2D eigenvalue weighted by Gasteiger charge is 2.36. The van der Waals surface area contributed by atoms with E-state index in [9.17, 15) is 9.59 Å². The normalized spacial score (nSPS) is 16.8. The number of rotatable bonds is 9. The van der Waals surface area contributed by atoms with Gasteiger partial charge in [0.05, 0.1) is 6.04 Å². The predicted octanol–water partition coefficient (Wildman–Crippen LogP) is 5.75. The molecule has 0 radical (unpaired) electrons. The molecule has 3 heterocycles. The second-order valence-electron chi connectivity index (χ2n) is 10.7. The number of hydrogen-bond acceptors (Lipinski definition) is 6. The maximum Gasteiger partial charge on any atom is 0.270 e. The molecular weight excluding hydrogens is 532 g/mol. The number of nitrogens with zero attached hydrogens (tertiary/aromatic N) is 3. The van der Waals surface area contributed by atoms with Crippen LogP contribution in [0.4, 0.5) is 0 Å². The van der Waals surface area contributed by atoms with Crippen molar-refractivity contribution in [2.24, 2.45) is 5.92 Å². The summed E-state index contributed by atoms with van der Waals surface area (Å²) in [5.74, 6) is 0.946. The fraction of sp³-hybridized carbons (Fsp3) is 0.333. The third kappa shape index (κ3) is 6.33. The van der Waals surface area contributed by atoms with Crippen LogP contribution in [-0.2, 0) is 24.2 Å². The van der Waals surface area contributed by atoms with Gasteiger partial charge in [0, 0.05) is 42.7 Å². The largest absolute Gasteiger partial charge is 0.486 e. The van der Waals surface area contributed by atoms with Crippen LogP contribution < -0.4 is 10.1 Å². The molecule has 1 aliphatic heterocycles. The Morgan fingerprint density at radius 3 is 2.66 bits per heavy atom. The molecule has 1 fully saturated rings. The fourth-order valence-corrected chi connectivity index (χ4v) is 6.58. The summed E-state index contributed by atoms with van der Waals surface area (Å²) >= 11 is 1.41. The van der Waals surface area contributed by atoms with Crippen LogP contribution in [0, 0.1) is 5.92 Å². The van der Waals surface area contributed by atoms with E-state index in [1.165, 1.54) is 16.9 Å². The van der Waals surface area contributed by atoms with Crippen LogP contribution in [0.2, 0.25) is 0 Å². The molecule has 7 nitrogen and oxygen atoms in total. The number of ether oxygens (including phenoxy) is 1. The first-order valence-electron chi connectivity index (χ1n) is 14.4. The van der Waals surface area contributed by atoms with E-state index < -0.39 is 0 Å². The number of carbonyl (C=O) groups excluding carboxylic acids is 2. The van der Waals surface area contributed by atoms with Crippen molar-refractivity contribution in [3.8, 4) is 5.75 Å². The van der Waals surface area contributed by atoms with Gasteiger partial charge in [-0.25, -0.2) is 4.98 Å². The first-order chi connectivity index (χ1) is 20.2. The average molecular weight is 567 g/mol. The van der Waals surface area contributed by atoms with Gasteiger partial charge in [-0.05, 0) is 60.2 Å². The van der Waals surface area contributed by atoms with Gasteiger partial charge in [-0.1, -0.05) is 55.3 Å². The summed E-state index contributed by atoms with van der Waals surface area (Å²) in [5.41, 5.74) is 4.82. The number of pyridine rings is 1. The molecule has 0 saturated heterocycles. The van der Waals surface area contributed by atoms with Crippen molar-refractivity contribution in [3.05, 3.63) is 111 Å². The van der Waals surface area contributed by atoms with Gasteiger partial charge in [-0.3, -0.25) is 14.6 Å². The zero-order valence-electron chi connectivity index (χ0n) is 23.0. The van der Waals surface area contributed by atoms with Gasteiger partial charge in [-0.2, -0.15) is 0 Å². The molecule has 1 saturated carbocycles. The van der Waals surface area contributed by atoms with Crippen molar-refractivity contribution < 1.29 is 14.3 Å². The van der Waals surface area contributed by atoms with Gasteiger partial charge in [0.2, 0.25) is 5.91 Å². The molecule has 1 aliphatic carbocycles. The lowest BCUT2D eigenvalue weighted by Gasteiger charge is -2.39. The maximum absolute atomic E-state index is 13.6. The summed E-state index contributed by atoms with van der Waals surface area (Å²) in [6.45, 7) is 1.50. The summed E-state index contributed by atoms with van der Waals surface area (Å²) in [5, 5.41) is 5.41. The van der Waals surface area contributed by atoms with E-state index in [0.29, 0.717) is 18.7 Å².